The van der Waals surface area contributed by atoms with Crippen LogP contribution in [0.15, 0.2) is 208 Å². The Morgan fingerprint density at radius 3 is 1.13 bits per heavy atom. The van der Waals surface area contributed by atoms with Crippen LogP contribution in [0.4, 0.5) is 0 Å². The normalized spacial score (nSPS) is 14.6. The molecule has 0 amide bonds. The number of allylic oxidation sites excluding steroid dienone is 1. The lowest BCUT2D eigenvalue weighted by atomic mass is 9.89. The Balaban J connectivity index is 0.000000129. The van der Waals surface area contributed by atoms with Gasteiger partial charge in [-0.05, 0) is 172 Å². The van der Waals surface area contributed by atoms with Crippen LogP contribution in [0, 0.1) is 51.7 Å². The number of pyridine rings is 4. The predicted molar refractivity (Wildman–Crippen MR) is 410 cm³/mol. The Kier molecular flexibility index (Phi) is 19.9. The smallest absolute Gasteiger partial charge is 0.139 e. The summed E-state index contributed by atoms with van der Waals surface area (Å²) in [4.78, 5) is 19.7. The van der Waals surface area contributed by atoms with Gasteiger partial charge >= 0.3 is 0 Å². The second kappa shape index (κ2) is 29.8. The zero-order chi connectivity index (χ0) is 69.6. The number of aromatic nitrogens is 8. The van der Waals surface area contributed by atoms with Gasteiger partial charge in [0.15, 0.2) is 0 Å². The Morgan fingerprint density at radius 2 is 0.782 bits per heavy atom. The molecule has 101 heavy (non-hydrogen) atoms. The minimum atomic E-state index is -0.887. The van der Waals surface area contributed by atoms with Crippen LogP contribution in [0.2, 0.25) is 0 Å². The molecule has 504 valence electrons. The van der Waals surface area contributed by atoms with Crippen molar-refractivity contribution in [3.63, 3.8) is 0 Å². The van der Waals surface area contributed by atoms with Crippen LogP contribution in [0.25, 0.3) is 116 Å². The van der Waals surface area contributed by atoms with Crippen LogP contribution >= 0.6 is 0 Å². The maximum Gasteiger partial charge on any atom is 0.139 e. The van der Waals surface area contributed by atoms with Gasteiger partial charge in [0.25, 0.3) is 0 Å². The lowest BCUT2D eigenvalue weighted by molar-refractivity contribution is 0.0786. The molecule has 13 aromatic rings. The molecule has 12 nitrogen and oxygen atoms in total. The molecule has 0 radical (unpaired) electrons. The number of nitrogens with zero attached hydrogens (tertiary/aromatic N) is 11. The van der Waals surface area contributed by atoms with Crippen LogP contribution in [-0.2, 0) is 32.3 Å². The molecule has 3 aliphatic carbocycles. The second-order valence-corrected chi connectivity index (χ2v) is 28.9. The highest BCUT2D eigenvalue weighted by atomic mass is 16.3. The molecular formula is C89H87N11O. The molecule has 8 aromatic heterocycles. The summed E-state index contributed by atoms with van der Waals surface area (Å²) in [5, 5.41) is 42.9. The van der Waals surface area contributed by atoms with Gasteiger partial charge in [0.1, 0.15) is 5.65 Å². The molecule has 0 bridgehead atoms. The van der Waals surface area contributed by atoms with Gasteiger partial charge in [-0.25, -0.2) is 4.98 Å². The van der Waals surface area contributed by atoms with Crippen molar-refractivity contribution in [3.05, 3.63) is 236 Å². The molecule has 0 aliphatic heterocycles. The molecule has 1 N–H and O–H groups in total. The fourth-order valence-corrected chi connectivity index (χ4v) is 15.8. The van der Waals surface area contributed by atoms with Gasteiger partial charge in [-0.15, -0.1) is 0 Å². The number of fused-ring (bicyclic) bond motifs is 4. The highest BCUT2D eigenvalue weighted by Gasteiger charge is 2.25. The molecular weight excluding hydrogens is 1240 g/mol. The summed E-state index contributed by atoms with van der Waals surface area (Å²) in [6.07, 6.45) is 36.7. The van der Waals surface area contributed by atoms with Crippen molar-refractivity contribution in [2.45, 2.75) is 142 Å². The van der Waals surface area contributed by atoms with E-state index >= 15 is 0 Å². The number of rotatable bonds is 14. The van der Waals surface area contributed by atoms with E-state index in [1.807, 2.05) is 147 Å². The van der Waals surface area contributed by atoms with Gasteiger partial charge < -0.3 is 23.4 Å². The Bertz CT molecular complexity index is 5230. The number of aliphatic hydroxyl groups is 1. The quantitative estimate of drug-likeness (QED) is 0.112. The van der Waals surface area contributed by atoms with Gasteiger partial charge in [0.2, 0.25) is 0 Å². The molecule has 0 atom stereocenters. The Morgan fingerprint density at radius 1 is 0.436 bits per heavy atom. The van der Waals surface area contributed by atoms with E-state index in [0.717, 1.165) is 138 Å². The third-order valence-electron chi connectivity index (χ3n) is 21.4. The van der Waals surface area contributed by atoms with E-state index in [-0.39, 0.29) is 0 Å². The van der Waals surface area contributed by atoms with E-state index in [9.17, 15) is 20.9 Å². The van der Waals surface area contributed by atoms with E-state index in [0.29, 0.717) is 16.7 Å². The minimum Gasteiger partial charge on any atom is -0.386 e. The number of hydrogen-bond acceptors (Lipinski definition) is 8. The average molecular weight is 1330 g/mol. The molecule has 0 spiro atoms. The highest BCUT2D eigenvalue weighted by Crippen LogP contribution is 2.43. The first kappa shape index (κ1) is 67.2. The van der Waals surface area contributed by atoms with Gasteiger partial charge in [-0.2, -0.15) is 15.8 Å². The number of nitriles is 3. The maximum absolute atomic E-state index is 10.4. The number of aryl methyl sites for hydroxylation is 1. The van der Waals surface area contributed by atoms with Crippen molar-refractivity contribution >= 4 is 49.3 Å². The van der Waals surface area contributed by atoms with E-state index in [4.69, 9.17) is 19.9 Å². The van der Waals surface area contributed by atoms with Crippen LogP contribution < -0.4 is 0 Å². The van der Waals surface area contributed by atoms with E-state index in [2.05, 4.69) is 112 Å². The van der Waals surface area contributed by atoms with E-state index in [1.165, 1.54) is 124 Å². The molecule has 3 fully saturated rings. The molecule has 3 saturated carbocycles. The number of hydrogen-bond donors (Lipinski definition) is 1. The third-order valence-corrected chi connectivity index (χ3v) is 21.4. The minimum absolute atomic E-state index is 0.648. The molecule has 16 rings (SSSR count). The maximum atomic E-state index is 10.4. The fraction of sp³-hybridized carbons (Fsp3) is 0.292. The first-order valence-electron chi connectivity index (χ1n) is 36.2. The van der Waals surface area contributed by atoms with Crippen LogP contribution in [-0.4, -0.2) is 43.3 Å². The summed E-state index contributed by atoms with van der Waals surface area (Å²) < 4.78 is 9.17. The van der Waals surface area contributed by atoms with Crippen molar-refractivity contribution < 1.29 is 5.11 Å². The largest absolute Gasteiger partial charge is 0.386 e. The zero-order valence-electron chi connectivity index (χ0n) is 58.6. The molecule has 5 aromatic carbocycles. The molecule has 8 heterocycles. The number of benzene rings is 5. The van der Waals surface area contributed by atoms with Crippen LogP contribution in [0.3, 0.4) is 0 Å². The van der Waals surface area contributed by atoms with E-state index in [1.54, 1.807) is 13.8 Å². The fourth-order valence-electron chi connectivity index (χ4n) is 15.8. The summed E-state index contributed by atoms with van der Waals surface area (Å²) in [6, 6.07) is 57.6. The van der Waals surface area contributed by atoms with Gasteiger partial charge in [-0.3, -0.25) is 15.0 Å². The van der Waals surface area contributed by atoms with Crippen molar-refractivity contribution in [2.24, 2.45) is 24.8 Å². The summed E-state index contributed by atoms with van der Waals surface area (Å²) >= 11 is 0. The van der Waals surface area contributed by atoms with Crippen LogP contribution in [0.1, 0.15) is 145 Å². The molecule has 12 heteroatoms. The van der Waals surface area contributed by atoms with Crippen molar-refractivity contribution in [1.82, 2.24) is 38.2 Å². The molecule has 0 unspecified atom stereocenters. The summed E-state index contributed by atoms with van der Waals surface area (Å²) in [5.74, 6) is 2.23. The third kappa shape index (κ3) is 14.6. The first-order valence-corrected chi connectivity index (χ1v) is 36.2. The van der Waals surface area contributed by atoms with Crippen molar-refractivity contribution in [1.29, 1.82) is 15.8 Å². The average Bonchev–Trinajstić information content (AvgIpc) is 1.71. The molecule has 3 aliphatic rings. The van der Waals surface area contributed by atoms with Gasteiger partial charge in [-0.1, -0.05) is 155 Å². The second-order valence-electron chi connectivity index (χ2n) is 28.9. The highest BCUT2D eigenvalue weighted by molar-refractivity contribution is 6.04. The molecule has 0 saturated heterocycles. The van der Waals surface area contributed by atoms with Gasteiger partial charge in [0, 0.05) is 113 Å². The van der Waals surface area contributed by atoms with Crippen LogP contribution in [0.5, 0.6) is 0 Å². The lowest BCUT2D eigenvalue weighted by Crippen LogP contribution is -2.15. The topological polar surface area (TPSA) is 163 Å². The van der Waals surface area contributed by atoms with Crippen molar-refractivity contribution in [2.75, 3.05) is 0 Å². The predicted octanol–water partition coefficient (Wildman–Crippen LogP) is 21.6. The summed E-state index contributed by atoms with van der Waals surface area (Å²) in [6.45, 7) is 12.8. The zero-order valence-corrected chi connectivity index (χ0v) is 58.6. The van der Waals surface area contributed by atoms with E-state index < -0.39 is 5.60 Å². The Hall–Kier alpha value is -11.0. The summed E-state index contributed by atoms with van der Waals surface area (Å²) in [5.41, 5.74) is 21.0. The lowest BCUT2D eigenvalue weighted by Gasteiger charge is -2.22. The van der Waals surface area contributed by atoms with Gasteiger partial charge in [0.05, 0.1) is 92.7 Å². The first-order chi connectivity index (χ1) is 49.3. The summed E-state index contributed by atoms with van der Waals surface area (Å²) in [7, 11) is 2.01. The SMILES string of the molecule is C=C(C)c1ccc(-c2ncc3c(ccn3CC3CCCCC3)c2-c2ccc(C#N)cc2)cc1.CC(C)(O)c1ccc(-c2ncc3c(ccn3CC3CCCCC3)c2-c2ccc(C#N)cc2)cc1.Cn1ccc2cc(-c3ncc4c(ccn4CC4CCCCC4)c3-c3ccc(C#N)cc3)cnc21. The van der Waals surface area contributed by atoms with Crippen molar-refractivity contribution in [3.8, 4) is 85.4 Å². The monoisotopic (exact) mass is 1330 g/mol. The Labute approximate surface area is 593 Å². The standard InChI is InChI=1S/C30H31N3O.C30H29N3.C29H27N5/c1-30(2,34)25-14-12-24(13-15-25)29-28(23-10-8-21(18-31)9-11-23)26-16-17-33(27(26)19-32-29)20-22-6-4-3-5-7-22;1-21(2)24-12-14-26(15-13-24)30-29(25-10-8-22(18-31)9-11-25)27-16-17-33(28(27)19-32-30)20-23-6-4-3-5-7-23;1-33-13-11-23-15-24(17-32-29(23)33)28-27(22-9-7-20(16-30)8-10-22)25-12-14-34(26(25)18-31-28)19-21-5-3-2-4-6-21/h8-17,19,22,34H,3-7,20H2,1-2H3;8-17,19,23H,1,3-7,20H2,2H3;7-15,17-18,21H,2-6,19H2,1H3.